The van der Waals surface area contributed by atoms with Crippen LogP contribution in [-0.4, -0.2) is 37.3 Å². The van der Waals surface area contributed by atoms with Gasteiger partial charge < -0.3 is 9.64 Å². The third-order valence-corrected chi connectivity index (χ3v) is 2.64. The largest absolute Gasteiger partial charge is 0.385 e. The van der Waals surface area contributed by atoms with E-state index in [1.165, 1.54) is 0 Å². The van der Waals surface area contributed by atoms with Crippen LogP contribution in [0.2, 0.25) is 5.15 Å². The van der Waals surface area contributed by atoms with Crippen LogP contribution >= 0.6 is 11.6 Å². The Kier molecular flexibility index (Phi) is 5.65. The number of halogens is 1. The van der Waals surface area contributed by atoms with Crippen molar-refractivity contribution in [3.8, 4) is 0 Å². The second-order valence-corrected chi connectivity index (χ2v) is 4.72. The average molecular weight is 258 g/mol. The maximum Gasteiger partial charge on any atom is 0.135 e. The van der Waals surface area contributed by atoms with Crippen LogP contribution in [0, 0.1) is 0 Å². The van der Waals surface area contributed by atoms with Crippen LogP contribution in [0.5, 0.6) is 0 Å². The zero-order valence-corrected chi connectivity index (χ0v) is 11.7. The van der Waals surface area contributed by atoms with Gasteiger partial charge in [0.25, 0.3) is 0 Å². The van der Waals surface area contributed by atoms with Gasteiger partial charge in [0.1, 0.15) is 16.8 Å². The first-order valence-electron chi connectivity index (χ1n) is 5.79. The van der Waals surface area contributed by atoms with Gasteiger partial charge in [0.15, 0.2) is 0 Å². The van der Waals surface area contributed by atoms with E-state index in [4.69, 9.17) is 16.3 Å². The van der Waals surface area contributed by atoms with Crippen LogP contribution in [0.1, 0.15) is 32.0 Å². The zero-order valence-electron chi connectivity index (χ0n) is 10.9. The molecule has 1 aromatic heterocycles. The molecule has 0 saturated heterocycles. The molecule has 1 heterocycles. The van der Waals surface area contributed by atoms with E-state index in [0.717, 1.165) is 31.2 Å². The van der Waals surface area contributed by atoms with Crippen molar-refractivity contribution in [1.82, 2.24) is 9.97 Å². The first-order valence-corrected chi connectivity index (χ1v) is 6.17. The second kappa shape index (κ2) is 6.77. The van der Waals surface area contributed by atoms with Crippen molar-refractivity contribution in [2.24, 2.45) is 0 Å². The predicted molar refractivity (Wildman–Crippen MR) is 70.9 cm³/mol. The van der Waals surface area contributed by atoms with E-state index < -0.39 is 0 Å². The maximum atomic E-state index is 6.00. The number of aromatic nitrogens is 2. The summed E-state index contributed by atoms with van der Waals surface area (Å²) >= 11 is 6.00. The number of methoxy groups -OCH3 is 1. The van der Waals surface area contributed by atoms with Gasteiger partial charge in [0.2, 0.25) is 0 Å². The lowest BCUT2D eigenvalue weighted by Gasteiger charge is -2.19. The minimum atomic E-state index is 0.278. The third kappa shape index (κ3) is 4.48. The topological polar surface area (TPSA) is 38.2 Å². The molecule has 0 N–H and O–H groups in total. The molecule has 1 rings (SSSR count). The molecule has 96 valence electrons. The Morgan fingerprint density at radius 1 is 1.41 bits per heavy atom. The molecule has 0 spiro atoms. The van der Waals surface area contributed by atoms with Crippen LogP contribution in [0.4, 0.5) is 5.82 Å². The molecule has 0 aromatic carbocycles. The summed E-state index contributed by atoms with van der Waals surface area (Å²) in [5.74, 6) is 1.93. The minimum Gasteiger partial charge on any atom is -0.385 e. The van der Waals surface area contributed by atoms with Crippen LogP contribution in [0.25, 0.3) is 0 Å². The van der Waals surface area contributed by atoms with Gasteiger partial charge in [-0.15, -0.1) is 0 Å². The van der Waals surface area contributed by atoms with E-state index in [1.807, 2.05) is 7.05 Å². The Morgan fingerprint density at radius 3 is 2.71 bits per heavy atom. The van der Waals surface area contributed by atoms with Gasteiger partial charge in [0, 0.05) is 39.3 Å². The highest BCUT2D eigenvalue weighted by atomic mass is 35.5. The summed E-state index contributed by atoms with van der Waals surface area (Å²) < 4.78 is 5.03. The smallest absolute Gasteiger partial charge is 0.135 e. The molecule has 0 radical (unpaired) electrons. The van der Waals surface area contributed by atoms with Crippen LogP contribution in [0.15, 0.2) is 6.07 Å². The highest BCUT2D eigenvalue weighted by molar-refractivity contribution is 6.29. The van der Waals surface area contributed by atoms with Gasteiger partial charge in [-0.1, -0.05) is 25.4 Å². The van der Waals surface area contributed by atoms with E-state index in [-0.39, 0.29) is 5.92 Å². The summed E-state index contributed by atoms with van der Waals surface area (Å²) in [5, 5.41) is 0.497. The molecule has 0 aliphatic heterocycles. The van der Waals surface area contributed by atoms with E-state index in [1.54, 1.807) is 13.2 Å². The second-order valence-electron chi connectivity index (χ2n) is 4.33. The van der Waals surface area contributed by atoms with E-state index in [2.05, 4.69) is 28.7 Å². The minimum absolute atomic E-state index is 0.278. The fraction of sp³-hybridized carbons (Fsp3) is 0.667. The lowest BCUT2D eigenvalue weighted by molar-refractivity contribution is 0.196. The number of anilines is 1. The summed E-state index contributed by atoms with van der Waals surface area (Å²) in [6.45, 7) is 5.75. The van der Waals surface area contributed by atoms with Gasteiger partial charge in [-0.3, -0.25) is 0 Å². The fourth-order valence-electron chi connectivity index (χ4n) is 1.44. The average Bonchev–Trinajstić information content (AvgIpc) is 2.28. The first kappa shape index (κ1) is 14.2. The maximum absolute atomic E-state index is 6.00. The Bertz CT molecular complexity index is 358. The highest BCUT2D eigenvalue weighted by Gasteiger charge is 2.09. The van der Waals surface area contributed by atoms with Crippen molar-refractivity contribution in [2.75, 3.05) is 32.2 Å². The molecule has 4 nitrogen and oxygen atoms in total. The van der Waals surface area contributed by atoms with E-state index in [0.29, 0.717) is 5.15 Å². The molecule has 0 bridgehead atoms. The molecular formula is C12H20ClN3O. The van der Waals surface area contributed by atoms with Crippen molar-refractivity contribution in [3.05, 3.63) is 17.0 Å². The normalized spacial score (nSPS) is 10.9. The summed E-state index contributed by atoms with van der Waals surface area (Å²) in [7, 11) is 3.71. The monoisotopic (exact) mass is 257 g/mol. The lowest BCUT2D eigenvalue weighted by atomic mass is 10.2. The molecule has 0 unspecified atom stereocenters. The Hall–Kier alpha value is -0.870. The molecule has 0 fully saturated rings. The highest BCUT2D eigenvalue weighted by Crippen LogP contribution is 2.19. The Labute approximate surface area is 108 Å². The van der Waals surface area contributed by atoms with Crippen LogP contribution < -0.4 is 4.90 Å². The Morgan fingerprint density at radius 2 is 2.12 bits per heavy atom. The quantitative estimate of drug-likeness (QED) is 0.580. The lowest BCUT2D eigenvalue weighted by Crippen LogP contribution is -2.21. The van der Waals surface area contributed by atoms with E-state index in [9.17, 15) is 0 Å². The van der Waals surface area contributed by atoms with Crippen molar-refractivity contribution in [1.29, 1.82) is 0 Å². The first-order chi connectivity index (χ1) is 8.04. The third-order valence-electron chi connectivity index (χ3n) is 2.45. The number of hydrogen-bond donors (Lipinski definition) is 0. The molecule has 0 saturated carbocycles. The van der Waals surface area contributed by atoms with Crippen molar-refractivity contribution in [2.45, 2.75) is 26.2 Å². The van der Waals surface area contributed by atoms with Gasteiger partial charge in [-0.05, 0) is 6.42 Å². The van der Waals surface area contributed by atoms with Crippen LogP contribution in [0.3, 0.4) is 0 Å². The standard InChI is InChI=1S/C12H20ClN3O/c1-9(2)12-14-10(13)8-11(15-12)16(3)6-5-7-17-4/h8-9H,5-7H2,1-4H3. The summed E-state index contributed by atoms with van der Waals surface area (Å²) in [6.07, 6.45) is 0.964. The van der Waals surface area contributed by atoms with Gasteiger partial charge in [-0.25, -0.2) is 9.97 Å². The molecule has 0 amide bonds. The van der Waals surface area contributed by atoms with E-state index >= 15 is 0 Å². The number of nitrogens with zero attached hydrogens (tertiary/aromatic N) is 3. The Balaban J connectivity index is 2.75. The number of hydrogen-bond acceptors (Lipinski definition) is 4. The predicted octanol–water partition coefficient (Wildman–Crippen LogP) is 2.73. The summed E-state index contributed by atoms with van der Waals surface area (Å²) in [4.78, 5) is 10.8. The van der Waals surface area contributed by atoms with Gasteiger partial charge in [0.05, 0.1) is 0 Å². The molecule has 17 heavy (non-hydrogen) atoms. The number of rotatable bonds is 6. The van der Waals surface area contributed by atoms with Crippen molar-refractivity contribution >= 4 is 17.4 Å². The molecule has 0 atom stereocenters. The van der Waals surface area contributed by atoms with Gasteiger partial charge >= 0.3 is 0 Å². The molecule has 0 aliphatic carbocycles. The molecule has 5 heteroatoms. The molecule has 1 aromatic rings. The summed E-state index contributed by atoms with van der Waals surface area (Å²) in [6, 6.07) is 1.79. The summed E-state index contributed by atoms with van der Waals surface area (Å²) in [5.41, 5.74) is 0. The van der Waals surface area contributed by atoms with Gasteiger partial charge in [-0.2, -0.15) is 0 Å². The molecule has 0 aliphatic rings. The fourth-order valence-corrected chi connectivity index (χ4v) is 1.62. The van der Waals surface area contributed by atoms with Crippen LogP contribution in [-0.2, 0) is 4.74 Å². The SMILES string of the molecule is COCCCN(C)c1cc(Cl)nc(C(C)C)n1. The number of ether oxygens (including phenoxy) is 1. The van der Waals surface area contributed by atoms with Crippen molar-refractivity contribution in [3.63, 3.8) is 0 Å². The molecular weight excluding hydrogens is 238 g/mol. The zero-order chi connectivity index (χ0) is 12.8. The van der Waals surface area contributed by atoms with Crippen molar-refractivity contribution < 1.29 is 4.74 Å².